The van der Waals surface area contributed by atoms with E-state index in [1.54, 1.807) is 0 Å². The first kappa shape index (κ1) is 16.2. The van der Waals surface area contributed by atoms with Gasteiger partial charge in [0.25, 0.3) is 0 Å². The lowest BCUT2D eigenvalue weighted by Crippen LogP contribution is -2.27. The van der Waals surface area contributed by atoms with Gasteiger partial charge in [-0.1, -0.05) is 34.6 Å². The second kappa shape index (κ2) is 7.06. The molecule has 0 saturated carbocycles. The van der Waals surface area contributed by atoms with Gasteiger partial charge in [0.15, 0.2) is 0 Å². The van der Waals surface area contributed by atoms with Gasteiger partial charge in [-0.25, -0.2) is 0 Å². The van der Waals surface area contributed by atoms with Crippen molar-refractivity contribution in [2.45, 2.75) is 53.5 Å². The van der Waals surface area contributed by atoms with E-state index in [2.05, 4.69) is 68.0 Å². The highest BCUT2D eigenvalue weighted by Gasteiger charge is 2.24. The molecular formula is C15H26BrNS. The van der Waals surface area contributed by atoms with Crippen LogP contribution in [0.4, 0.5) is 0 Å². The lowest BCUT2D eigenvalue weighted by Gasteiger charge is -2.31. The van der Waals surface area contributed by atoms with Crippen LogP contribution in [0.3, 0.4) is 0 Å². The highest BCUT2D eigenvalue weighted by atomic mass is 79.9. The standard InChI is InChI=1S/C15H26BrNS/c1-6-9-17-12(10-11(2)15(3,4)5)13-7-8-14(16)18-13/h7-8,11-12,17H,6,9-10H2,1-5H3. The molecule has 3 heteroatoms. The molecule has 0 aliphatic rings. The molecule has 18 heavy (non-hydrogen) atoms. The van der Waals surface area contributed by atoms with Crippen molar-refractivity contribution >= 4 is 27.3 Å². The van der Waals surface area contributed by atoms with Crippen molar-refractivity contribution in [1.82, 2.24) is 5.32 Å². The van der Waals surface area contributed by atoms with Gasteiger partial charge in [0.2, 0.25) is 0 Å². The number of hydrogen-bond donors (Lipinski definition) is 1. The zero-order valence-corrected chi connectivity index (χ0v) is 14.6. The Morgan fingerprint density at radius 1 is 1.33 bits per heavy atom. The Morgan fingerprint density at radius 2 is 2.00 bits per heavy atom. The van der Waals surface area contributed by atoms with Crippen LogP contribution in [0.5, 0.6) is 0 Å². The van der Waals surface area contributed by atoms with Crippen molar-refractivity contribution in [3.63, 3.8) is 0 Å². The first-order chi connectivity index (χ1) is 8.34. The van der Waals surface area contributed by atoms with Crippen LogP contribution in [0.1, 0.15) is 58.4 Å². The number of halogens is 1. The fourth-order valence-electron chi connectivity index (χ4n) is 1.84. The van der Waals surface area contributed by atoms with E-state index in [0.29, 0.717) is 17.4 Å². The van der Waals surface area contributed by atoms with Gasteiger partial charge in [-0.05, 0) is 58.8 Å². The monoisotopic (exact) mass is 331 g/mol. The minimum atomic E-state index is 0.376. The van der Waals surface area contributed by atoms with Crippen LogP contribution in [0.2, 0.25) is 0 Å². The minimum absolute atomic E-state index is 0.376. The molecule has 0 aliphatic carbocycles. The van der Waals surface area contributed by atoms with E-state index in [1.165, 1.54) is 21.5 Å². The number of hydrogen-bond acceptors (Lipinski definition) is 2. The molecule has 1 heterocycles. The number of nitrogens with one attached hydrogen (secondary N) is 1. The Morgan fingerprint density at radius 3 is 2.44 bits per heavy atom. The molecule has 0 aromatic carbocycles. The molecule has 0 spiro atoms. The van der Waals surface area contributed by atoms with Crippen LogP contribution >= 0.6 is 27.3 Å². The van der Waals surface area contributed by atoms with Gasteiger partial charge in [-0.3, -0.25) is 0 Å². The van der Waals surface area contributed by atoms with Crippen molar-refractivity contribution in [1.29, 1.82) is 0 Å². The second-order valence-corrected chi connectivity index (χ2v) is 8.65. The number of rotatable bonds is 6. The van der Waals surface area contributed by atoms with E-state index >= 15 is 0 Å². The van der Waals surface area contributed by atoms with E-state index in [1.807, 2.05) is 11.3 Å². The minimum Gasteiger partial charge on any atom is -0.309 e. The Labute approximate surface area is 125 Å². The third-order valence-electron chi connectivity index (χ3n) is 3.65. The van der Waals surface area contributed by atoms with Gasteiger partial charge >= 0.3 is 0 Å². The summed E-state index contributed by atoms with van der Waals surface area (Å²) in [7, 11) is 0. The van der Waals surface area contributed by atoms with Crippen LogP contribution in [-0.2, 0) is 0 Å². The zero-order valence-electron chi connectivity index (χ0n) is 12.2. The maximum Gasteiger partial charge on any atom is 0.0701 e. The van der Waals surface area contributed by atoms with Gasteiger partial charge in [0.1, 0.15) is 0 Å². The van der Waals surface area contributed by atoms with Gasteiger partial charge < -0.3 is 5.32 Å². The molecule has 0 saturated heterocycles. The van der Waals surface area contributed by atoms with E-state index < -0.39 is 0 Å². The highest BCUT2D eigenvalue weighted by Crippen LogP contribution is 2.36. The molecule has 1 nitrogen and oxygen atoms in total. The molecule has 2 atom stereocenters. The predicted octanol–water partition coefficient (Wildman–Crippen LogP) is 5.62. The summed E-state index contributed by atoms with van der Waals surface area (Å²) in [6.07, 6.45) is 2.39. The van der Waals surface area contributed by atoms with E-state index in [-0.39, 0.29) is 0 Å². The molecule has 0 bridgehead atoms. The predicted molar refractivity (Wildman–Crippen MR) is 86.3 cm³/mol. The van der Waals surface area contributed by atoms with Crippen molar-refractivity contribution in [3.05, 3.63) is 20.8 Å². The molecule has 0 radical (unpaired) electrons. The molecule has 1 aromatic rings. The van der Waals surface area contributed by atoms with E-state index in [4.69, 9.17) is 0 Å². The van der Waals surface area contributed by atoms with Crippen LogP contribution in [-0.4, -0.2) is 6.54 Å². The lowest BCUT2D eigenvalue weighted by molar-refractivity contribution is 0.224. The molecule has 0 aliphatic heterocycles. The summed E-state index contributed by atoms with van der Waals surface area (Å²) >= 11 is 5.42. The van der Waals surface area contributed by atoms with Gasteiger partial charge in [0, 0.05) is 10.9 Å². The van der Waals surface area contributed by atoms with Crippen molar-refractivity contribution in [2.24, 2.45) is 11.3 Å². The largest absolute Gasteiger partial charge is 0.309 e. The number of thiophene rings is 1. The third kappa shape index (κ3) is 5.02. The summed E-state index contributed by atoms with van der Waals surface area (Å²) in [6.45, 7) is 12.7. The van der Waals surface area contributed by atoms with E-state index in [9.17, 15) is 0 Å². The highest BCUT2D eigenvalue weighted by molar-refractivity contribution is 9.11. The van der Waals surface area contributed by atoms with Crippen LogP contribution in [0.15, 0.2) is 15.9 Å². The van der Waals surface area contributed by atoms with Crippen molar-refractivity contribution < 1.29 is 0 Å². The molecule has 1 N–H and O–H groups in total. The molecule has 104 valence electrons. The Kier molecular flexibility index (Phi) is 6.36. The summed E-state index contributed by atoms with van der Waals surface area (Å²) in [5.74, 6) is 0.702. The zero-order chi connectivity index (χ0) is 13.8. The van der Waals surface area contributed by atoms with Gasteiger partial charge in [0.05, 0.1) is 3.79 Å². The van der Waals surface area contributed by atoms with Crippen LogP contribution < -0.4 is 5.32 Å². The summed E-state index contributed by atoms with van der Waals surface area (Å²) in [5.41, 5.74) is 0.376. The smallest absolute Gasteiger partial charge is 0.0701 e. The molecule has 1 rings (SSSR count). The quantitative estimate of drug-likeness (QED) is 0.712. The summed E-state index contributed by atoms with van der Waals surface area (Å²) in [5, 5.41) is 3.69. The molecule has 2 unspecified atom stereocenters. The molecular weight excluding hydrogens is 306 g/mol. The summed E-state index contributed by atoms with van der Waals surface area (Å²) < 4.78 is 1.23. The molecule has 1 aromatic heterocycles. The lowest BCUT2D eigenvalue weighted by atomic mass is 9.78. The van der Waals surface area contributed by atoms with Crippen molar-refractivity contribution in [3.8, 4) is 0 Å². The first-order valence-electron chi connectivity index (χ1n) is 6.83. The topological polar surface area (TPSA) is 12.0 Å². The first-order valence-corrected chi connectivity index (χ1v) is 8.44. The summed E-state index contributed by atoms with van der Waals surface area (Å²) in [4.78, 5) is 1.45. The Balaban J connectivity index is 2.73. The Hall–Kier alpha value is 0.140. The summed E-state index contributed by atoms with van der Waals surface area (Å²) in [6, 6.07) is 4.90. The average molecular weight is 332 g/mol. The Bertz CT molecular complexity index is 354. The van der Waals surface area contributed by atoms with E-state index in [0.717, 1.165) is 6.54 Å². The second-order valence-electron chi connectivity index (χ2n) is 6.15. The van der Waals surface area contributed by atoms with Crippen molar-refractivity contribution in [2.75, 3.05) is 6.54 Å². The maximum atomic E-state index is 3.69. The third-order valence-corrected chi connectivity index (χ3v) is 5.38. The molecule has 0 amide bonds. The van der Waals surface area contributed by atoms with Gasteiger partial charge in [-0.15, -0.1) is 11.3 Å². The SMILES string of the molecule is CCCNC(CC(C)C(C)(C)C)c1ccc(Br)s1. The fourth-order valence-corrected chi connectivity index (χ4v) is 3.35. The fraction of sp³-hybridized carbons (Fsp3) is 0.733. The van der Waals surface area contributed by atoms with Crippen LogP contribution in [0.25, 0.3) is 0 Å². The normalized spacial score (nSPS) is 15.7. The maximum absolute atomic E-state index is 3.69. The van der Waals surface area contributed by atoms with Crippen LogP contribution in [0, 0.1) is 11.3 Å². The van der Waals surface area contributed by atoms with Gasteiger partial charge in [-0.2, -0.15) is 0 Å². The average Bonchev–Trinajstić information content (AvgIpc) is 2.69. The molecule has 0 fully saturated rings.